The van der Waals surface area contributed by atoms with Crippen molar-refractivity contribution >= 4 is 17.5 Å². The van der Waals surface area contributed by atoms with Crippen molar-refractivity contribution in [3.05, 3.63) is 93.1 Å². The maximum absolute atomic E-state index is 14.0. The quantitative estimate of drug-likeness (QED) is 0.413. The molecule has 0 fully saturated rings. The molecule has 0 aliphatic heterocycles. The smallest absolute Gasteiger partial charge is 0.348 e. The van der Waals surface area contributed by atoms with E-state index in [1.54, 1.807) is 42.5 Å². The summed E-state index contributed by atoms with van der Waals surface area (Å²) < 4.78 is 15.1. The maximum Gasteiger partial charge on any atom is 0.348 e. The predicted octanol–water partition coefficient (Wildman–Crippen LogP) is 3.70. The molecule has 1 heterocycles. The fourth-order valence-electron chi connectivity index (χ4n) is 3.42. The third-order valence-corrected chi connectivity index (χ3v) is 5.38. The van der Waals surface area contributed by atoms with E-state index in [9.17, 15) is 24.2 Å². The van der Waals surface area contributed by atoms with Gasteiger partial charge < -0.3 is 15.1 Å². The van der Waals surface area contributed by atoms with Gasteiger partial charge in [0.25, 0.3) is 5.91 Å². The number of H-pyrrole nitrogens is 1. The van der Waals surface area contributed by atoms with Crippen LogP contribution in [0.25, 0.3) is 17.1 Å². The fourth-order valence-corrected chi connectivity index (χ4v) is 3.64. The standard InChI is InChI=1S/C23H18ClFN4O4/c1-28(12-13-6-2-4-8-17(13)25)22(32)15-10-14(19(30)11-20(15)31)21-26-27-23(33)29(21)18-9-5-3-7-16(18)24/h2-11,30-31H,12H2,1H3,(H,27,33). The molecule has 8 nitrogen and oxygen atoms in total. The molecule has 33 heavy (non-hydrogen) atoms. The van der Waals surface area contributed by atoms with Crippen molar-refractivity contribution in [1.82, 2.24) is 19.7 Å². The Hall–Kier alpha value is -4.11. The molecule has 0 bridgehead atoms. The number of hydrogen-bond donors (Lipinski definition) is 3. The predicted molar refractivity (Wildman–Crippen MR) is 120 cm³/mol. The molecule has 4 rings (SSSR count). The topological polar surface area (TPSA) is 111 Å². The number of aromatic amines is 1. The lowest BCUT2D eigenvalue weighted by Crippen LogP contribution is -2.26. The summed E-state index contributed by atoms with van der Waals surface area (Å²) in [5.41, 5.74) is -0.164. The number of aromatic nitrogens is 3. The molecule has 3 aromatic carbocycles. The van der Waals surface area contributed by atoms with E-state index in [4.69, 9.17) is 11.6 Å². The van der Waals surface area contributed by atoms with Gasteiger partial charge in [-0.25, -0.2) is 18.9 Å². The number of carbonyl (C=O) groups excluding carboxylic acids is 1. The first-order valence-electron chi connectivity index (χ1n) is 9.75. The van der Waals surface area contributed by atoms with Crippen LogP contribution in [0.5, 0.6) is 11.5 Å². The number of hydrogen-bond acceptors (Lipinski definition) is 5. The van der Waals surface area contributed by atoms with Crippen LogP contribution in [-0.2, 0) is 6.54 Å². The number of rotatable bonds is 5. The molecule has 0 saturated carbocycles. The Morgan fingerprint density at radius 2 is 1.82 bits per heavy atom. The summed E-state index contributed by atoms with van der Waals surface area (Å²) in [6.07, 6.45) is 0. The Balaban J connectivity index is 1.77. The fraction of sp³-hybridized carbons (Fsp3) is 0.0870. The minimum absolute atomic E-state index is 0.00807. The number of phenols is 2. The molecular formula is C23H18ClFN4O4. The van der Waals surface area contributed by atoms with Crippen LogP contribution in [0.2, 0.25) is 5.02 Å². The molecule has 1 amide bonds. The number of aromatic hydroxyl groups is 2. The van der Waals surface area contributed by atoms with Crippen LogP contribution in [0.15, 0.2) is 65.5 Å². The lowest BCUT2D eigenvalue weighted by atomic mass is 10.1. The molecule has 168 valence electrons. The van der Waals surface area contributed by atoms with Crippen molar-refractivity contribution in [2.45, 2.75) is 6.54 Å². The van der Waals surface area contributed by atoms with Crippen molar-refractivity contribution in [3.63, 3.8) is 0 Å². The molecule has 0 radical (unpaired) electrons. The van der Waals surface area contributed by atoms with Crippen molar-refractivity contribution < 1.29 is 19.4 Å². The lowest BCUT2D eigenvalue weighted by Gasteiger charge is -2.19. The van der Waals surface area contributed by atoms with E-state index in [0.717, 1.165) is 10.6 Å². The molecule has 0 saturated heterocycles. The highest BCUT2D eigenvalue weighted by molar-refractivity contribution is 6.32. The summed E-state index contributed by atoms with van der Waals surface area (Å²) in [7, 11) is 1.45. The largest absolute Gasteiger partial charge is 0.507 e. The van der Waals surface area contributed by atoms with E-state index in [0.29, 0.717) is 11.3 Å². The molecule has 4 aromatic rings. The van der Waals surface area contributed by atoms with Gasteiger partial charge in [-0.3, -0.25) is 4.79 Å². The average Bonchev–Trinajstić information content (AvgIpc) is 3.16. The summed E-state index contributed by atoms with van der Waals surface area (Å²) in [6.45, 7) is -0.0477. The van der Waals surface area contributed by atoms with Gasteiger partial charge in [-0.2, -0.15) is 5.10 Å². The zero-order valence-corrected chi connectivity index (χ0v) is 18.0. The van der Waals surface area contributed by atoms with E-state index >= 15 is 0 Å². The Morgan fingerprint density at radius 1 is 1.12 bits per heavy atom. The van der Waals surface area contributed by atoms with E-state index < -0.39 is 28.9 Å². The van der Waals surface area contributed by atoms with Crippen LogP contribution in [0.1, 0.15) is 15.9 Å². The van der Waals surface area contributed by atoms with Crippen LogP contribution in [-0.4, -0.2) is 42.8 Å². The Labute approximate surface area is 192 Å². The second-order valence-electron chi connectivity index (χ2n) is 7.28. The zero-order valence-electron chi connectivity index (χ0n) is 17.3. The van der Waals surface area contributed by atoms with E-state index in [-0.39, 0.29) is 28.5 Å². The van der Waals surface area contributed by atoms with Crippen LogP contribution < -0.4 is 5.69 Å². The van der Waals surface area contributed by atoms with Crippen molar-refractivity contribution in [1.29, 1.82) is 0 Å². The first-order valence-corrected chi connectivity index (χ1v) is 10.1. The number of nitrogens with one attached hydrogen (secondary N) is 1. The molecule has 3 N–H and O–H groups in total. The van der Waals surface area contributed by atoms with Crippen molar-refractivity contribution in [3.8, 4) is 28.6 Å². The Kier molecular flexibility index (Phi) is 5.89. The first-order chi connectivity index (χ1) is 15.8. The molecule has 10 heteroatoms. The monoisotopic (exact) mass is 468 g/mol. The van der Waals surface area contributed by atoms with E-state index in [1.165, 1.54) is 24.1 Å². The van der Waals surface area contributed by atoms with E-state index in [2.05, 4.69) is 10.2 Å². The van der Waals surface area contributed by atoms with Gasteiger partial charge in [-0.05, 0) is 24.3 Å². The highest BCUT2D eigenvalue weighted by atomic mass is 35.5. The van der Waals surface area contributed by atoms with Crippen LogP contribution in [0.3, 0.4) is 0 Å². The normalized spacial score (nSPS) is 10.9. The average molecular weight is 469 g/mol. The summed E-state index contributed by atoms with van der Waals surface area (Å²) >= 11 is 6.23. The van der Waals surface area contributed by atoms with Gasteiger partial charge in [0.2, 0.25) is 0 Å². The van der Waals surface area contributed by atoms with Crippen LogP contribution in [0.4, 0.5) is 4.39 Å². The van der Waals surface area contributed by atoms with Gasteiger partial charge in [0, 0.05) is 25.2 Å². The minimum Gasteiger partial charge on any atom is -0.507 e. The summed E-state index contributed by atoms with van der Waals surface area (Å²) in [6, 6.07) is 14.8. The van der Waals surface area contributed by atoms with Crippen molar-refractivity contribution in [2.75, 3.05) is 7.05 Å². The van der Waals surface area contributed by atoms with Gasteiger partial charge >= 0.3 is 5.69 Å². The molecule has 0 spiro atoms. The number of para-hydroxylation sites is 1. The van der Waals surface area contributed by atoms with Gasteiger partial charge in [0.1, 0.15) is 17.3 Å². The molecule has 0 aliphatic carbocycles. The second-order valence-corrected chi connectivity index (χ2v) is 7.69. The Bertz CT molecular complexity index is 1420. The number of phenolic OH excluding ortho intramolecular Hbond substituents is 2. The summed E-state index contributed by atoms with van der Waals surface area (Å²) in [5.74, 6) is -2.00. The number of nitrogens with zero attached hydrogens (tertiary/aromatic N) is 3. The summed E-state index contributed by atoms with van der Waals surface area (Å²) in [4.78, 5) is 26.7. The van der Waals surface area contributed by atoms with Gasteiger partial charge in [0.15, 0.2) is 5.82 Å². The van der Waals surface area contributed by atoms with Crippen LogP contribution >= 0.6 is 11.6 Å². The first kappa shape index (κ1) is 22.1. The molecular weight excluding hydrogens is 451 g/mol. The Morgan fingerprint density at radius 3 is 2.55 bits per heavy atom. The number of halogens is 2. The second kappa shape index (κ2) is 8.79. The molecule has 1 aromatic heterocycles. The van der Waals surface area contributed by atoms with Crippen molar-refractivity contribution in [2.24, 2.45) is 0 Å². The van der Waals surface area contributed by atoms with Crippen LogP contribution in [0, 0.1) is 5.82 Å². The number of carbonyl (C=O) groups is 1. The number of benzene rings is 3. The third-order valence-electron chi connectivity index (χ3n) is 5.06. The third kappa shape index (κ3) is 4.18. The minimum atomic E-state index is -0.626. The highest BCUT2D eigenvalue weighted by Gasteiger charge is 2.24. The van der Waals surface area contributed by atoms with Gasteiger partial charge in [0.05, 0.1) is 21.8 Å². The molecule has 0 unspecified atom stereocenters. The lowest BCUT2D eigenvalue weighted by molar-refractivity contribution is 0.0781. The summed E-state index contributed by atoms with van der Waals surface area (Å²) in [5, 5.41) is 27.3. The SMILES string of the molecule is CN(Cc1ccccc1F)C(=O)c1cc(-c2n[nH]c(=O)n2-c2ccccc2Cl)c(O)cc1O. The van der Waals surface area contributed by atoms with Gasteiger partial charge in [-0.15, -0.1) is 0 Å². The molecule has 0 aliphatic rings. The van der Waals surface area contributed by atoms with Gasteiger partial charge in [-0.1, -0.05) is 41.9 Å². The maximum atomic E-state index is 14.0. The highest BCUT2D eigenvalue weighted by Crippen LogP contribution is 2.35. The molecule has 0 atom stereocenters. The number of amides is 1. The van der Waals surface area contributed by atoms with E-state index in [1.807, 2.05) is 0 Å². The zero-order chi connectivity index (χ0) is 23.7.